The number of rotatable bonds is 31. The van der Waals surface area contributed by atoms with E-state index in [1.807, 2.05) is 11.8 Å². The molecule has 5 rings (SSSR count). The average Bonchev–Trinajstić information content (AvgIpc) is 3.62. The Balaban J connectivity index is 1.80. The lowest BCUT2D eigenvalue weighted by Gasteiger charge is -2.39. The molecule has 0 amide bonds. The van der Waals surface area contributed by atoms with Gasteiger partial charge in [-0.05, 0) is 118 Å². The predicted molar refractivity (Wildman–Crippen MR) is 309 cm³/mol. The topological polar surface area (TPSA) is 0 Å². The van der Waals surface area contributed by atoms with Gasteiger partial charge in [0.25, 0.3) is 0 Å². The minimum Gasteiger partial charge on any atom is -0.166 e. The Hall–Kier alpha value is -0.369. The molecule has 0 unspecified atom stereocenters. The highest BCUT2D eigenvalue weighted by atomic mass is 79.9. The number of benzene rings is 4. The average molecular weight is 1180 g/mol. The molecular formula is C53H72Br4S2Si3. The maximum atomic E-state index is 3.90. The van der Waals surface area contributed by atoms with Crippen molar-refractivity contribution in [1.82, 2.24) is 0 Å². The van der Waals surface area contributed by atoms with Crippen LogP contribution in [0.1, 0.15) is 67.2 Å². The molecule has 0 N–H and O–H groups in total. The van der Waals surface area contributed by atoms with Crippen LogP contribution in [0.3, 0.4) is 0 Å². The summed E-state index contributed by atoms with van der Waals surface area (Å²) in [4.78, 5) is 0. The van der Waals surface area contributed by atoms with Crippen LogP contribution < -0.4 is 0 Å². The number of allylic oxidation sites excluding steroid dienone is 2. The number of thioether (sulfide) groups is 2. The summed E-state index contributed by atoms with van der Waals surface area (Å²) < 4.78 is 0. The summed E-state index contributed by atoms with van der Waals surface area (Å²) in [6.45, 7) is 0. The van der Waals surface area contributed by atoms with Crippen molar-refractivity contribution in [3.63, 3.8) is 0 Å². The molecule has 62 heavy (non-hydrogen) atoms. The zero-order valence-corrected chi connectivity index (χ0v) is 48.6. The molecule has 0 nitrogen and oxygen atoms in total. The van der Waals surface area contributed by atoms with Gasteiger partial charge in [0.05, 0.1) is 16.1 Å². The molecule has 9 heteroatoms. The molecule has 1 aliphatic heterocycles. The molecule has 0 bridgehead atoms. The summed E-state index contributed by atoms with van der Waals surface area (Å²) in [7, 11) is -5.57. The van der Waals surface area contributed by atoms with Gasteiger partial charge < -0.3 is 0 Å². The molecule has 0 radical (unpaired) electrons. The van der Waals surface area contributed by atoms with E-state index in [0.29, 0.717) is 0 Å². The van der Waals surface area contributed by atoms with Gasteiger partial charge in [-0.2, -0.15) is 23.5 Å². The van der Waals surface area contributed by atoms with E-state index in [1.54, 1.807) is 10.4 Å². The normalized spacial score (nSPS) is 14.3. The van der Waals surface area contributed by atoms with Crippen LogP contribution in [-0.2, 0) is 0 Å². The fraction of sp³-hybridized carbons (Fsp3) is 0.472. The van der Waals surface area contributed by atoms with Gasteiger partial charge in [-0.1, -0.05) is 240 Å². The molecular weight excluding hydrogens is 1100 g/mol. The zero-order valence-electron chi connectivity index (χ0n) is 37.6. The molecule has 0 saturated carbocycles. The second-order valence-corrected chi connectivity index (χ2v) is 37.1. The van der Waals surface area contributed by atoms with Gasteiger partial charge >= 0.3 is 0 Å². The molecule has 0 fully saturated rings. The highest BCUT2D eigenvalue weighted by Gasteiger charge is 2.50. The third-order valence-electron chi connectivity index (χ3n) is 13.8. The van der Waals surface area contributed by atoms with E-state index >= 15 is 0 Å². The molecule has 4 aromatic carbocycles. The van der Waals surface area contributed by atoms with Crippen LogP contribution in [0.5, 0.6) is 0 Å². The smallest absolute Gasteiger partial charge is 0.121 e. The van der Waals surface area contributed by atoms with Gasteiger partial charge in [0, 0.05) is 21.3 Å². The van der Waals surface area contributed by atoms with Gasteiger partial charge in [-0.25, -0.2) is 0 Å². The second kappa shape index (κ2) is 28.7. The van der Waals surface area contributed by atoms with Crippen LogP contribution in [0, 0.1) is 0 Å². The largest absolute Gasteiger partial charge is 0.166 e. The van der Waals surface area contributed by atoms with Crippen molar-refractivity contribution >= 4 is 133 Å². The molecule has 336 valence electrons. The van der Waals surface area contributed by atoms with Crippen molar-refractivity contribution in [2.24, 2.45) is 0 Å². The van der Waals surface area contributed by atoms with E-state index < -0.39 is 24.2 Å². The number of hydrogen-bond donors (Lipinski definition) is 0. The first kappa shape index (κ1) is 52.6. The highest BCUT2D eigenvalue weighted by Crippen LogP contribution is 2.59. The van der Waals surface area contributed by atoms with Gasteiger partial charge in [-0.15, -0.1) is 0 Å². The summed E-state index contributed by atoms with van der Waals surface area (Å²) in [6, 6.07) is 61.2. The van der Waals surface area contributed by atoms with E-state index in [9.17, 15) is 0 Å². The molecule has 0 saturated heterocycles. The van der Waals surface area contributed by atoms with Crippen molar-refractivity contribution in [3.8, 4) is 0 Å². The van der Waals surface area contributed by atoms with Crippen molar-refractivity contribution in [1.29, 1.82) is 0 Å². The first-order chi connectivity index (χ1) is 30.5. The first-order valence-electron chi connectivity index (χ1n) is 23.4. The van der Waals surface area contributed by atoms with Crippen molar-refractivity contribution < 1.29 is 0 Å². The SMILES string of the molecule is CSCCC[Si](CCCBr)(CCCBr)CCC[Si]1(CCC[Si](CCCBr)(CCCBr)CCSC)C(c2ccccc2)=C(c2ccccc2)C(c2ccccc2)=C1c1ccccc1. The van der Waals surface area contributed by atoms with Crippen molar-refractivity contribution in [2.75, 3.05) is 45.3 Å². The maximum Gasteiger partial charge on any atom is 0.121 e. The summed E-state index contributed by atoms with van der Waals surface area (Å²) in [5.41, 5.74) is 8.71. The van der Waals surface area contributed by atoms with Gasteiger partial charge in [0.2, 0.25) is 0 Å². The van der Waals surface area contributed by atoms with E-state index in [0.717, 1.165) is 21.3 Å². The zero-order chi connectivity index (χ0) is 43.9. The molecule has 0 atom stereocenters. The minimum atomic E-state index is -2.50. The van der Waals surface area contributed by atoms with Crippen molar-refractivity contribution in [2.45, 2.75) is 105 Å². The third kappa shape index (κ3) is 14.6. The Labute approximate surface area is 423 Å². The molecule has 4 aromatic rings. The minimum absolute atomic E-state index is 1.13. The molecule has 1 aliphatic rings. The molecule has 0 aliphatic carbocycles. The number of halogens is 4. The standard InChI is InChI=1S/C53H72Br4S2Si3/c1-58-34-19-40-60(36-15-30-54,37-16-31-55)41-20-43-62(44-21-42-61(38-17-32-56,39-18-33-57)45-35-59-2)52(48-26-11-5-12-27-48)50(46-22-7-3-8-23-46)51(47-24-9-4-10-25-47)53(62)49-28-13-6-14-29-49/h3-14,22-29H,15-21,30-45H2,1-2H3. The predicted octanol–water partition coefficient (Wildman–Crippen LogP) is 18.7. The van der Waals surface area contributed by atoms with Gasteiger partial charge in [0.15, 0.2) is 0 Å². The summed E-state index contributed by atoms with van der Waals surface area (Å²) in [6.07, 6.45) is 14.0. The first-order valence-corrected chi connectivity index (χ1v) is 38.7. The maximum absolute atomic E-state index is 3.90. The molecule has 1 heterocycles. The summed E-state index contributed by atoms with van der Waals surface area (Å²) in [5, 5.41) is 7.95. The van der Waals surface area contributed by atoms with E-state index in [2.05, 4.69) is 209 Å². The van der Waals surface area contributed by atoms with Crippen LogP contribution in [-0.4, -0.2) is 69.6 Å². The monoisotopic (exact) mass is 1170 g/mol. The molecule has 0 spiro atoms. The Bertz CT molecular complexity index is 1780. The van der Waals surface area contributed by atoms with Crippen LogP contribution in [0.4, 0.5) is 0 Å². The number of alkyl halides is 4. The van der Waals surface area contributed by atoms with Crippen LogP contribution in [0.15, 0.2) is 121 Å². The van der Waals surface area contributed by atoms with Gasteiger partial charge in [-0.3, -0.25) is 0 Å². The van der Waals surface area contributed by atoms with Crippen LogP contribution >= 0.6 is 87.2 Å². The fourth-order valence-corrected chi connectivity index (χ4v) is 33.6. The lowest BCUT2D eigenvalue weighted by Crippen LogP contribution is -2.40. The summed E-state index contributed by atoms with van der Waals surface area (Å²) >= 11 is 19.7. The number of hydrogen-bond acceptors (Lipinski definition) is 2. The van der Waals surface area contributed by atoms with E-state index in [4.69, 9.17) is 0 Å². The summed E-state index contributed by atoms with van der Waals surface area (Å²) in [5.74, 6) is 2.61. The Morgan fingerprint density at radius 2 is 0.677 bits per heavy atom. The van der Waals surface area contributed by atoms with E-state index in [1.165, 1.54) is 150 Å². The van der Waals surface area contributed by atoms with E-state index in [-0.39, 0.29) is 0 Å². The van der Waals surface area contributed by atoms with Gasteiger partial charge in [0.1, 0.15) is 8.07 Å². The highest BCUT2D eigenvalue weighted by molar-refractivity contribution is 9.09. The lowest BCUT2D eigenvalue weighted by atomic mass is 9.89. The van der Waals surface area contributed by atoms with Crippen LogP contribution in [0.25, 0.3) is 21.5 Å². The second-order valence-electron chi connectivity index (χ2n) is 17.8. The molecule has 0 aromatic heterocycles. The lowest BCUT2D eigenvalue weighted by molar-refractivity contribution is 0.880. The van der Waals surface area contributed by atoms with Crippen molar-refractivity contribution in [3.05, 3.63) is 144 Å². The Kier molecular flexibility index (Phi) is 24.4. The quantitative estimate of drug-likeness (QED) is 0.0280. The van der Waals surface area contributed by atoms with Crippen LogP contribution in [0.2, 0.25) is 60.4 Å². The Morgan fingerprint density at radius 1 is 0.371 bits per heavy atom. The Morgan fingerprint density at radius 3 is 1.02 bits per heavy atom. The fourth-order valence-electron chi connectivity index (χ4n) is 11.0. The third-order valence-corrected chi connectivity index (χ3v) is 34.4.